The Morgan fingerprint density at radius 3 is 2.75 bits per heavy atom. The topological polar surface area (TPSA) is 54.4 Å². The number of rotatable bonds is 4. The number of carbonyl (C=O) groups excluding carboxylic acids is 1. The smallest absolute Gasteiger partial charge is 0.267 e. The van der Waals surface area contributed by atoms with Gasteiger partial charge in [0.1, 0.15) is 5.82 Å². The van der Waals surface area contributed by atoms with E-state index in [2.05, 4.69) is 15.5 Å². The number of amides is 1. The molecule has 0 unspecified atom stereocenters. The fourth-order valence-electron chi connectivity index (χ4n) is 1.71. The summed E-state index contributed by atoms with van der Waals surface area (Å²) in [4.78, 5) is 15.8. The Bertz CT molecular complexity index is 626. The van der Waals surface area contributed by atoms with Crippen molar-refractivity contribution in [2.75, 3.05) is 0 Å². The van der Waals surface area contributed by atoms with Crippen molar-refractivity contribution in [3.8, 4) is 0 Å². The second-order valence-corrected chi connectivity index (χ2v) is 4.07. The SMILES string of the molecule is CCC(=NNC(=O)c1ccccc1F)c1cccnc1. The van der Waals surface area contributed by atoms with E-state index in [0.29, 0.717) is 12.1 Å². The molecule has 2 aromatic rings. The molecule has 0 saturated heterocycles. The van der Waals surface area contributed by atoms with Crippen LogP contribution in [-0.4, -0.2) is 16.6 Å². The average molecular weight is 271 g/mol. The molecule has 0 aliphatic carbocycles. The third kappa shape index (κ3) is 3.26. The van der Waals surface area contributed by atoms with Crippen LogP contribution in [0.25, 0.3) is 0 Å². The Hall–Kier alpha value is -2.56. The van der Waals surface area contributed by atoms with Gasteiger partial charge in [0, 0.05) is 18.0 Å². The van der Waals surface area contributed by atoms with Crippen molar-refractivity contribution in [1.82, 2.24) is 10.4 Å². The number of hydrogen-bond donors (Lipinski definition) is 1. The van der Waals surface area contributed by atoms with E-state index in [1.807, 2.05) is 13.0 Å². The van der Waals surface area contributed by atoms with Gasteiger partial charge >= 0.3 is 0 Å². The second-order valence-electron chi connectivity index (χ2n) is 4.07. The Balaban J connectivity index is 2.16. The van der Waals surface area contributed by atoms with Crippen LogP contribution in [0.4, 0.5) is 4.39 Å². The van der Waals surface area contributed by atoms with E-state index in [0.717, 1.165) is 5.56 Å². The molecule has 1 aromatic carbocycles. The van der Waals surface area contributed by atoms with E-state index in [-0.39, 0.29) is 5.56 Å². The Morgan fingerprint density at radius 2 is 2.10 bits per heavy atom. The molecule has 1 amide bonds. The molecule has 2 rings (SSSR count). The summed E-state index contributed by atoms with van der Waals surface area (Å²) in [6.45, 7) is 1.92. The van der Waals surface area contributed by atoms with Crippen LogP contribution >= 0.6 is 0 Å². The predicted molar refractivity (Wildman–Crippen MR) is 74.9 cm³/mol. The minimum absolute atomic E-state index is 0.0297. The summed E-state index contributed by atoms with van der Waals surface area (Å²) in [7, 11) is 0. The van der Waals surface area contributed by atoms with E-state index in [1.54, 1.807) is 24.5 Å². The molecular weight excluding hydrogens is 257 g/mol. The lowest BCUT2D eigenvalue weighted by Crippen LogP contribution is -2.21. The van der Waals surface area contributed by atoms with Gasteiger partial charge in [-0.3, -0.25) is 9.78 Å². The van der Waals surface area contributed by atoms with E-state index in [9.17, 15) is 9.18 Å². The van der Waals surface area contributed by atoms with Gasteiger partial charge in [-0.15, -0.1) is 0 Å². The van der Waals surface area contributed by atoms with Gasteiger partial charge in [0.15, 0.2) is 0 Å². The molecule has 1 heterocycles. The van der Waals surface area contributed by atoms with Crippen molar-refractivity contribution in [1.29, 1.82) is 0 Å². The summed E-state index contributed by atoms with van der Waals surface area (Å²) in [6, 6.07) is 9.42. The molecule has 0 fully saturated rings. The maximum absolute atomic E-state index is 13.5. The monoisotopic (exact) mass is 271 g/mol. The number of pyridine rings is 1. The normalized spacial score (nSPS) is 11.2. The van der Waals surface area contributed by atoms with Gasteiger partial charge in [0.05, 0.1) is 11.3 Å². The quantitative estimate of drug-likeness (QED) is 0.686. The third-order valence-electron chi connectivity index (χ3n) is 2.74. The van der Waals surface area contributed by atoms with E-state index < -0.39 is 11.7 Å². The zero-order valence-corrected chi connectivity index (χ0v) is 11.0. The highest BCUT2D eigenvalue weighted by molar-refractivity contribution is 6.01. The first kappa shape index (κ1) is 13.9. The Kier molecular flexibility index (Phi) is 4.55. The highest BCUT2D eigenvalue weighted by atomic mass is 19.1. The van der Waals surface area contributed by atoms with Crippen molar-refractivity contribution >= 4 is 11.6 Å². The van der Waals surface area contributed by atoms with Gasteiger partial charge in [-0.2, -0.15) is 5.10 Å². The largest absolute Gasteiger partial charge is 0.274 e. The maximum Gasteiger partial charge on any atom is 0.274 e. The molecule has 5 heteroatoms. The first-order valence-corrected chi connectivity index (χ1v) is 6.24. The number of nitrogens with zero attached hydrogens (tertiary/aromatic N) is 2. The number of hydrogen-bond acceptors (Lipinski definition) is 3. The first-order valence-electron chi connectivity index (χ1n) is 6.24. The minimum atomic E-state index is -0.571. The molecular formula is C15H14FN3O. The molecule has 20 heavy (non-hydrogen) atoms. The molecule has 0 spiro atoms. The molecule has 0 saturated carbocycles. The van der Waals surface area contributed by atoms with Crippen LogP contribution in [0.15, 0.2) is 53.9 Å². The zero-order valence-electron chi connectivity index (χ0n) is 11.0. The molecule has 0 aliphatic rings. The van der Waals surface area contributed by atoms with Crippen molar-refractivity contribution in [2.24, 2.45) is 5.10 Å². The van der Waals surface area contributed by atoms with Crippen LogP contribution in [0.2, 0.25) is 0 Å². The van der Waals surface area contributed by atoms with Crippen LogP contribution in [0.5, 0.6) is 0 Å². The fourth-order valence-corrected chi connectivity index (χ4v) is 1.71. The van der Waals surface area contributed by atoms with Crippen LogP contribution in [0, 0.1) is 5.82 Å². The van der Waals surface area contributed by atoms with Crippen LogP contribution in [0.1, 0.15) is 29.3 Å². The first-order chi connectivity index (χ1) is 9.72. The molecule has 1 N–H and O–H groups in total. The highest BCUT2D eigenvalue weighted by Crippen LogP contribution is 2.06. The molecule has 0 aliphatic heterocycles. The molecule has 102 valence electrons. The number of halogens is 1. The van der Waals surface area contributed by atoms with Gasteiger partial charge in [-0.1, -0.05) is 25.1 Å². The Labute approximate surface area is 116 Å². The van der Waals surface area contributed by atoms with Crippen molar-refractivity contribution in [3.05, 3.63) is 65.7 Å². The van der Waals surface area contributed by atoms with Gasteiger partial charge < -0.3 is 0 Å². The summed E-state index contributed by atoms with van der Waals surface area (Å²) >= 11 is 0. The number of hydrazone groups is 1. The summed E-state index contributed by atoms with van der Waals surface area (Å²) in [5, 5.41) is 4.04. The van der Waals surface area contributed by atoms with Crippen LogP contribution in [0.3, 0.4) is 0 Å². The minimum Gasteiger partial charge on any atom is -0.267 e. The number of aromatic nitrogens is 1. The number of nitrogens with one attached hydrogen (secondary N) is 1. The summed E-state index contributed by atoms with van der Waals surface area (Å²) in [5.41, 5.74) is 3.85. The highest BCUT2D eigenvalue weighted by Gasteiger charge is 2.10. The summed E-state index contributed by atoms with van der Waals surface area (Å²) in [6.07, 6.45) is 3.95. The van der Waals surface area contributed by atoms with Crippen LogP contribution in [-0.2, 0) is 0 Å². The van der Waals surface area contributed by atoms with E-state index in [4.69, 9.17) is 0 Å². The third-order valence-corrected chi connectivity index (χ3v) is 2.74. The average Bonchev–Trinajstić information content (AvgIpc) is 2.49. The Morgan fingerprint density at radius 1 is 1.30 bits per heavy atom. The lowest BCUT2D eigenvalue weighted by Gasteiger charge is -2.05. The summed E-state index contributed by atoms with van der Waals surface area (Å²) < 4.78 is 13.5. The molecule has 0 bridgehead atoms. The van der Waals surface area contributed by atoms with Gasteiger partial charge in [0.2, 0.25) is 0 Å². The van der Waals surface area contributed by atoms with E-state index >= 15 is 0 Å². The number of carbonyl (C=O) groups is 1. The zero-order chi connectivity index (χ0) is 14.4. The molecule has 4 nitrogen and oxygen atoms in total. The van der Waals surface area contributed by atoms with Gasteiger partial charge in [-0.05, 0) is 24.6 Å². The van der Waals surface area contributed by atoms with E-state index in [1.165, 1.54) is 18.2 Å². The standard InChI is InChI=1S/C15H14FN3O/c1-2-14(11-6-5-9-17-10-11)18-19-15(20)12-7-3-4-8-13(12)16/h3-10H,2H2,1H3,(H,19,20). The van der Waals surface area contributed by atoms with Crippen LogP contribution < -0.4 is 5.43 Å². The maximum atomic E-state index is 13.5. The van der Waals surface area contributed by atoms with Gasteiger partial charge in [0.25, 0.3) is 5.91 Å². The molecule has 1 aromatic heterocycles. The molecule has 0 radical (unpaired) electrons. The predicted octanol–water partition coefficient (Wildman–Crippen LogP) is 2.76. The fraction of sp³-hybridized carbons (Fsp3) is 0.133. The lowest BCUT2D eigenvalue weighted by molar-refractivity contribution is 0.0951. The van der Waals surface area contributed by atoms with Crippen molar-refractivity contribution < 1.29 is 9.18 Å². The number of benzene rings is 1. The second kappa shape index (κ2) is 6.56. The van der Waals surface area contributed by atoms with Crippen molar-refractivity contribution in [2.45, 2.75) is 13.3 Å². The lowest BCUT2D eigenvalue weighted by atomic mass is 10.1. The van der Waals surface area contributed by atoms with Gasteiger partial charge in [-0.25, -0.2) is 9.82 Å². The van der Waals surface area contributed by atoms with Crippen molar-refractivity contribution in [3.63, 3.8) is 0 Å². The summed E-state index contributed by atoms with van der Waals surface area (Å²) in [5.74, 6) is -1.14. The molecule has 0 atom stereocenters.